The van der Waals surface area contributed by atoms with Gasteiger partial charge in [0.15, 0.2) is 6.29 Å². The summed E-state index contributed by atoms with van der Waals surface area (Å²) in [7, 11) is 0. The molecule has 0 aliphatic carbocycles. The highest BCUT2D eigenvalue weighted by molar-refractivity contribution is 5.80. The minimum Gasteiger partial charge on any atom is -0.394 e. The number of hydrogen-bond donors (Lipinski definition) is 8. The largest absolute Gasteiger partial charge is 0.394 e. The molecule has 0 radical (unpaired) electrons. The van der Waals surface area contributed by atoms with Gasteiger partial charge in [0.25, 0.3) is 0 Å². The van der Waals surface area contributed by atoms with Crippen molar-refractivity contribution in [3.63, 3.8) is 0 Å². The molecule has 0 spiro atoms. The summed E-state index contributed by atoms with van der Waals surface area (Å²) in [6.45, 7) is 3.30. The molecule has 306 valence electrons. The van der Waals surface area contributed by atoms with Gasteiger partial charge in [-0.25, -0.2) is 0 Å². The molecule has 1 saturated heterocycles. The van der Waals surface area contributed by atoms with Crippen LogP contribution in [0.3, 0.4) is 0 Å². The monoisotopic (exact) mass is 744 g/mol. The van der Waals surface area contributed by atoms with Crippen molar-refractivity contribution in [2.75, 3.05) is 13.2 Å². The summed E-state index contributed by atoms with van der Waals surface area (Å²) in [6.07, 6.45) is 21.3. The highest BCUT2D eigenvalue weighted by Crippen LogP contribution is 2.23. The van der Waals surface area contributed by atoms with Crippen LogP contribution in [0.1, 0.15) is 162 Å². The molecule has 52 heavy (non-hydrogen) atoms. The normalized spacial score (nSPS) is 23.3. The standard InChI is InChI=1S/C41H77NO10/c1-3-5-7-9-11-12-13-14-15-16-17-18-19-20-21-23-25-27-29-34(45)40(50)42-32(36(46)33(44)28-26-24-22-10-8-6-4-2)31-51-41-39(49)38(48)37(47)35(30-43)52-41/h10,16-17,22,32-39,41,43-49H,3-9,11-15,18-21,23-31H2,1-2H3,(H,42,50)/b17-16-,22-10+. The number of rotatable bonds is 33. The van der Waals surface area contributed by atoms with Gasteiger partial charge in [-0.05, 0) is 57.8 Å². The van der Waals surface area contributed by atoms with Crippen molar-refractivity contribution in [3.8, 4) is 0 Å². The molecule has 0 aromatic rings. The maximum Gasteiger partial charge on any atom is 0.249 e. The molecule has 11 nitrogen and oxygen atoms in total. The van der Waals surface area contributed by atoms with Crippen molar-refractivity contribution in [1.29, 1.82) is 0 Å². The topological polar surface area (TPSA) is 189 Å². The van der Waals surface area contributed by atoms with E-state index >= 15 is 0 Å². The van der Waals surface area contributed by atoms with E-state index in [1.165, 1.54) is 57.8 Å². The number of amides is 1. The molecule has 1 amide bonds. The fourth-order valence-corrected chi connectivity index (χ4v) is 6.42. The fraction of sp³-hybridized carbons (Fsp3) is 0.878. The first-order valence-electron chi connectivity index (χ1n) is 20.7. The summed E-state index contributed by atoms with van der Waals surface area (Å²) in [6, 6.07) is -1.18. The molecule has 9 unspecified atom stereocenters. The van der Waals surface area contributed by atoms with Crippen LogP contribution in [0.5, 0.6) is 0 Å². The van der Waals surface area contributed by atoms with E-state index in [0.717, 1.165) is 64.2 Å². The Balaban J connectivity index is 2.45. The lowest BCUT2D eigenvalue weighted by Crippen LogP contribution is -2.60. The molecule has 0 bridgehead atoms. The molecule has 1 aliphatic heterocycles. The molecule has 11 heteroatoms. The van der Waals surface area contributed by atoms with E-state index in [0.29, 0.717) is 12.8 Å². The van der Waals surface area contributed by atoms with E-state index < -0.39 is 74.2 Å². The molecule has 0 aromatic heterocycles. The zero-order chi connectivity index (χ0) is 38.4. The third kappa shape index (κ3) is 22.1. The molecule has 0 saturated carbocycles. The van der Waals surface area contributed by atoms with Gasteiger partial charge in [0, 0.05) is 0 Å². The van der Waals surface area contributed by atoms with Crippen molar-refractivity contribution in [3.05, 3.63) is 24.3 Å². The van der Waals surface area contributed by atoms with Crippen LogP contribution in [0.4, 0.5) is 0 Å². The summed E-state index contributed by atoms with van der Waals surface area (Å²) < 4.78 is 11.0. The van der Waals surface area contributed by atoms with Gasteiger partial charge in [0.1, 0.15) is 36.6 Å². The van der Waals surface area contributed by atoms with Gasteiger partial charge in [0.2, 0.25) is 5.91 Å². The number of aliphatic hydroxyl groups excluding tert-OH is 7. The predicted octanol–water partition coefficient (Wildman–Crippen LogP) is 5.49. The van der Waals surface area contributed by atoms with Gasteiger partial charge < -0.3 is 50.5 Å². The number of carbonyl (C=O) groups is 1. The highest BCUT2D eigenvalue weighted by atomic mass is 16.7. The average molecular weight is 744 g/mol. The Kier molecular flexibility index (Phi) is 29.8. The number of allylic oxidation sites excluding steroid dienone is 4. The van der Waals surface area contributed by atoms with Crippen LogP contribution in [-0.2, 0) is 14.3 Å². The second kappa shape index (κ2) is 31.9. The van der Waals surface area contributed by atoms with Gasteiger partial charge >= 0.3 is 0 Å². The zero-order valence-corrected chi connectivity index (χ0v) is 32.5. The van der Waals surface area contributed by atoms with E-state index in [4.69, 9.17) is 9.47 Å². The minimum absolute atomic E-state index is 0.247. The first kappa shape index (κ1) is 48.6. The van der Waals surface area contributed by atoms with E-state index in [1.807, 2.05) is 6.08 Å². The number of hydrogen-bond acceptors (Lipinski definition) is 10. The van der Waals surface area contributed by atoms with Crippen LogP contribution in [0.15, 0.2) is 24.3 Å². The van der Waals surface area contributed by atoms with E-state index in [9.17, 15) is 40.5 Å². The third-order valence-electron chi connectivity index (χ3n) is 9.98. The minimum atomic E-state index is -1.66. The maximum atomic E-state index is 13.0. The SMILES string of the molecule is CCCC/C=C/CCCC(O)C(O)C(COC1OC(CO)C(O)C(O)C1O)NC(=O)C(O)CCCCCCCC/C=C\CCCCCCCCCC. The molecule has 1 heterocycles. The summed E-state index contributed by atoms with van der Waals surface area (Å²) in [5.41, 5.74) is 0. The number of ether oxygens (including phenoxy) is 2. The van der Waals surface area contributed by atoms with Gasteiger partial charge in [-0.1, -0.05) is 128 Å². The van der Waals surface area contributed by atoms with Crippen molar-refractivity contribution in [2.45, 2.75) is 217 Å². The van der Waals surface area contributed by atoms with Crippen LogP contribution < -0.4 is 5.32 Å². The van der Waals surface area contributed by atoms with Crippen molar-refractivity contribution in [1.82, 2.24) is 5.32 Å². The second-order valence-electron chi connectivity index (χ2n) is 14.7. The number of unbranched alkanes of at least 4 members (excludes halogenated alkanes) is 17. The lowest BCUT2D eigenvalue weighted by molar-refractivity contribution is -0.303. The molecular formula is C41H77NO10. The van der Waals surface area contributed by atoms with Crippen LogP contribution in [0.2, 0.25) is 0 Å². The Labute approximate surface area is 314 Å². The second-order valence-corrected chi connectivity index (χ2v) is 14.7. The first-order valence-corrected chi connectivity index (χ1v) is 20.7. The number of aliphatic hydroxyl groups is 7. The summed E-state index contributed by atoms with van der Waals surface area (Å²) >= 11 is 0. The molecule has 1 aliphatic rings. The summed E-state index contributed by atoms with van der Waals surface area (Å²) in [4.78, 5) is 13.0. The molecule has 0 aromatic carbocycles. The Hall–Kier alpha value is -1.41. The lowest BCUT2D eigenvalue weighted by atomic mass is 9.98. The molecule has 1 fully saturated rings. The number of carbonyl (C=O) groups excluding carboxylic acids is 1. The van der Waals surface area contributed by atoms with Crippen molar-refractivity contribution < 1.29 is 50.0 Å². The van der Waals surface area contributed by atoms with Gasteiger partial charge in [-0.15, -0.1) is 0 Å². The predicted molar refractivity (Wildman–Crippen MR) is 205 cm³/mol. The van der Waals surface area contributed by atoms with Crippen molar-refractivity contribution >= 4 is 5.91 Å². The van der Waals surface area contributed by atoms with Crippen LogP contribution >= 0.6 is 0 Å². The van der Waals surface area contributed by atoms with Gasteiger partial charge in [-0.3, -0.25) is 4.79 Å². The Morgan fingerprint density at radius 3 is 1.71 bits per heavy atom. The summed E-state index contributed by atoms with van der Waals surface area (Å²) in [5.74, 6) is -0.716. The molecule has 8 N–H and O–H groups in total. The fourth-order valence-electron chi connectivity index (χ4n) is 6.42. The van der Waals surface area contributed by atoms with E-state index in [-0.39, 0.29) is 12.8 Å². The smallest absolute Gasteiger partial charge is 0.249 e. The lowest BCUT2D eigenvalue weighted by Gasteiger charge is -2.40. The molecule has 1 rings (SSSR count). The highest BCUT2D eigenvalue weighted by Gasteiger charge is 2.44. The Morgan fingerprint density at radius 1 is 0.654 bits per heavy atom. The van der Waals surface area contributed by atoms with E-state index in [2.05, 4.69) is 37.4 Å². The van der Waals surface area contributed by atoms with Crippen LogP contribution in [0, 0.1) is 0 Å². The quantitative estimate of drug-likeness (QED) is 0.0315. The molecule has 9 atom stereocenters. The first-order chi connectivity index (χ1) is 25.2. The molecular weight excluding hydrogens is 666 g/mol. The van der Waals surface area contributed by atoms with Gasteiger partial charge in [-0.2, -0.15) is 0 Å². The van der Waals surface area contributed by atoms with Crippen molar-refractivity contribution in [2.24, 2.45) is 0 Å². The Bertz CT molecular complexity index is 903. The zero-order valence-electron chi connectivity index (χ0n) is 32.5. The maximum absolute atomic E-state index is 13.0. The third-order valence-corrected chi connectivity index (χ3v) is 9.98. The van der Waals surface area contributed by atoms with E-state index in [1.54, 1.807) is 0 Å². The van der Waals surface area contributed by atoms with Crippen LogP contribution in [-0.4, -0.2) is 110 Å². The number of nitrogens with one attached hydrogen (secondary N) is 1. The van der Waals surface area contributed by atoms with Gasteiger partial charge in [0.05, 0.1) is 25.4 Å². The van der Waals surface area contributed by atoms with Crippen LogP contribution in [0.25, 0.3) is 0 Å². The Morgan fingerprint density at radius 2 is 1.15 bits per heavy atom. The average Bonchev–Trinajstić information content (AvgIpc) is 3.14. The summed E-state index contributed by atoms with van der Waals surface area (Å²) in [5, 5.41) is 75.0.